The van der Waals surface area contributed by atoms with Gasteiger partial charge < -0.3 is 16.0 Å². The molecule has 2 unspecified atom stereocenters. The Morgan fingerprint density at radius 1 is 1.20 bits per heavy atom. The van der Waals surface area contributed by atoms with Gasteiger partial charge in [-0.2, -0.15) is 5.10 Å². The molecule has 2 bridgehead atoms. The molecule has 4 N–H and O–H groups in total. The Hall–Kier alpha value is -2.83. The second kappa shape index (κ2) is 6.86. The molecule has 2 heterocycles. The predicted molar refractivity (Wildman–Crippen MR) is 115 cm³/mol. The van der Waals surface area contributed by atoms with Gasteiger partial charge in [-0.15, -0.1) is 0 Å². The van der Waals surface area contributed by atoms with E-state index in [9.17, 15) is 4.79 Å². The number of benzene rings is 1. The van der Waals surface area contributed by atoms with E-state index in [1.807, 2.05) is 0 Å². The topological polar surface area (TPSA) is 94.7 Å². The van der Waals surface area contributed by atoms with Crippen molar-refractivity contribution >= 4 is 17.3 Å². The van der Waals surface area contributed by atoms with E-state index in [4.69, 9.17) is 0 Å². The fraction of sp³-hybridized carbons (Fsp3) is 0.522. The average molecular weight is 405 g/mol. The molecule has 4 aliphatic rings. The van der Waals surface area contributed by atoms with Crippen molar-refractivity contribution in [3.8, 4) is 0 Å². The number of aromatic amines is 1. The largest absolute Gasteiger partial charge is 0.366 e. The van der Waals surface area contributed by atoms with E-state index in [-0.39, 0.29) is 5.91 Å². The lowest BCUT2D eigenvalue weighted by atomic mass is 9.90. The van der Waals surface area contributed by atoms with Crippen LogP contribution in [-0.4, -0.2) is 34.3 Å². The van der Waals surface area contributed by atoms with E-state index in [1.54, 1.807) is 0 Å². The van der Waals surface area contributed by atoms with Crippen LogP contribution < -0.4 is 16.0 Å². The minimum Gasteiger partial charge on any atom is -0.366 e. The van der Waals surface area contributed by atoms with Crippen molar-refractivity contribution in [1.82, 2.24) is 20.5 Å². The summed E-state index contributed by atoms with van der Waals surface area (Å²) < 4.78 is 0. The van der Waals surface area contributed by atoms with Crippen LogP contribution in [0.5, 0.6) is 0 Å². The predicted octanol–water partition coefficient (Wildman–Crippen LogP) is 2.99. The molecule has 1 aromatic heterocycles. The third kappa shape index (κ3) is 3.07. The van der Waals surface area contributed by atoms with Crippen LogP contribution in [0.25, 0.3) is 0 Å². The van der Waals surface area contributed by atoms with Gasteiger partial charge in [0, 0.05) is 25.8 Å². The van der Waals surface area contributed by atoms with Crippen molar-refractivity contribution in [3.05, 3.63) is 47.1 Å². The van der Waals surface area contributed by atoms with Gasteiger partial charge in [0.1, 0.15) is 5.82 Å². The van der Waals surface area contributed by atoms with Crippen molar-refractivity contribution in [2.45, 2.75) is 44.9 Å². The first-order valence-electron chi connectivity index (χ1n) is 11.2. The van der Waals surface area contributed by atoms with E-state index in [0.29, 0.717) is 30.5 Å². The van der Waals surface area contributed by atoms with E-state index in [0.717, 1.165) is 42.2 Å². The Labute approximate surface area is 176 Å². The van der Waals surface area contributed by atoms with Crippen molar-refractivity contribution in [1.29, 1.82) is 0 Å². The summed E-state index contributed by atoms with van der Waals surface area (Å²) >= 11 is 0. The van der Waals surface area contributed by atoms with E-state index in [1.165, 1.54) is 36.8 Å². The molecule has 156 valence electrons. The smallest absolute Gasteiger partial charge is 0.220 e. The number of carbonyl (C=O) groups is 1. The van der Waals surface area contributed by atoms with Gasteiger partial charge in [-0.05, 0) is 60.6 Å². The van der Waals surface area contributed by atoms with Crippen LogP contribution in [0.2, 0.25) is 0 Å². The molecule has 2 fully saturated rings. The van der Waals surface area contributed by atoms with Gasteiger partial charge in [0.25, 0.3) is 0 Å². The van der Waals surface area contributed by atoms with Crippen LogP contribution >= 0.6 is 0 Å². The van der Waals surface area contributed by atoms with Crippen LogP contribution in [-0.2, 0) is 17.6 Å². The molecule has 1 amide bonds. The third-order valence-corrected chi connectivity index (χ3v) is 7.55. The first-order chi connectivity index (χ1) is 14.7. The van der Waals surface area contributed by atoms with Gasteiger partial charge in [0.2, 0.25) is 5.91 Å². The third-order valence-electron chi connectivity index (χ3n) is 7.55. The van der Waals surface area contributed by atoms with Crippen LogP contribution in [0.1, 0.15) is 49.3 Å². The van der Waals surface area contributed by atoms with Crippen molar-refractivity contribution in [3.63, 3.8) is 0 Å². The zero-order valence-electron chi connectivity index (χ0n) is 17.1. The highest BCUT2D eigenvalue weighted by molar-refractivity contribution is 5.76. The van der Waals surface area contributed by atoms with Gasteiger partial charge in [-0.3, -0.25) is 9.89 Å². The lowest BCUT2D eigenvalue weighted by Crippen LogP contribution is -2.28. The van der Waals surface area contributed by atoms with Crippen LogP contribution in [0.3, 0.4) is 0 Å². The second-order valence-corrected chi connectivity index (χ2v) is 9.27. The first-order valence-corrected chi connectivity index (χ1v) is 11.2. The standard InChI is InChI=1S/C23H28N6O/c30-22(24-12-15-11-16-2-3-17(15)23(16)7-8-23)6-5-20-27-21(29-28-20)10-14-1-4-18-19(9-14)26-13-25-18/h1,4,9,11,16-17,25-26H,2-3,5-8,10,12-13H2,(H,24,30)(H,27,28,29). The van der Waals surface area contributed by atoms with E-state index in [2.05, 4.69) is 55.4 Å². The van der Waals surface area contributed by atoms with Crippen LogP contribution in [0.15, 0.2) is 29.8 Å². The number of amides is 1. The maximum absolute atomic E-state index is 12.3. The number of carbonyl (C=O) groups excluding carboxylic acids is 1. The maximum atomic E-state index is 12.3. The monoisotopic (exact) mass is 404 g/mol. The molecule has 1 aliphatic heterocycles. The minimum atomic E-state index is 0.0899. The van der Waals surface area contributed by atoms with Crippen LogP contribution in [0.4, 0.5) is 11.4 Å². The van der Waals surface area contributed by atoms with Crippen LogP contribution in [0, 0.1) is 17.3 Å². The number of aromatic nitrogens is 3. The molecule has 1 spiro atoms. The maximum Gasteiger partial charge on any atom is 0.220 e. The number of anilines is 2. The Bertz CT molecular complexity index is 1020. The number of nitrogens with one attached hydrogen (secondary N) is 4. The molecule has 2 saturated carbocycles. The molecule has 7 nitrogen and oxygen atoms in total. The summed E-state index contributed by atoms with van der Waals surface area (Å²) in [5, 5.41) is 17.0. The first kappa shape index (κ1) is 18.0. The lowest BCUT2D eigenvalue weighted by Gasteiger charge is -2.17. The van der Waals surface area contributed by atoms with Gasteiger partial charge in [-0.1, -0.05) is 17.7 Å². The summed E-state index contributed by atoms with van der Waals surface area (Å²) in [4.78, 5) is 16.9. The molecule has 3 aliphatic carbocycles. The number of H-pyrrole nitrogens is 1. The number of hydrogen-bond donors (Lipinski definition) is 4. The molecule has 0 saturated heterocycles. The zero-order valence-corrected chi connectivity index (χ0v) is 17.1. The SMILES string of the molecule is O=C(CCc1n[nH]c(Cc2ccc3c(c2)NCN3)n1)NCC1=CC2CCC1C21CC1. The Morgan fingerprint density at radius 3 is 2.97 bits per heavy atom. The van der Waals surface area contributed by atoms with Gasteiger partial charge in [-0.25, -0.2) is 4.98 Å². The molecule has 6 rings (SSSR count). The van der Waals surface area contributed by atoms with E-state index >= 15 is 0 Å². The fourth-order valence-electron chi connectivity index (χ4n) is 5.87. The highest BCUT2D eigenvalue weighted by Gasteiger charge is 2.61. The van der Waals surface area contributed by atoms with Crippen molar-refractivity contribution < 1.29 is 4.79 Å². The highest BCUT2D eigenvalue weighted by Crippen LogP contribution is 2.70. The van der Waals surface area contributed by atoms with Crippen molar-refractivity contribution in [2.75, 3.05) is 23.8 Å². The number of rotatable bonds is 7. The molecule has 7 heteroatoms. The van der Waals surface area contributed by atoms with E-state index < -0.39 is 0 Å². The molecule has 1 aromatic carbocycles. The Morgan fingerprint density at radius 2 is 2.10 bits per heavy atom. The quantitative estimate of drug-likeness (QED) is 0.532. The summed E-state index contributed by atoms with van der Waals surface area (Å²) in [6.07, 6.45) is 9.62. The molecular weight excluding hydrogens is 376 g/mol. The lowest BCUT2D eigenvalue weighted by molar-refractivity contribution is -0.120. The number of aryl methyl sites for hydroxylation is 1. The number of nitrogens with zero attached hydrogens (tertiary/aromatic N) is 2. The van der Waals surface area contributed by atoms with Gasteiger partial charge in [0.15, 0.2) is 5.82 Å². The molecule has 0 radical (unpaired) electrons. The number of fused-ring (bicyclic) bond motifs is 1. The molecule has 2 aromatic rings. The summed E-state index contributed by atoms with van der Waals surface area (Å²) in [6.45, 7) is 1.49. The minimum absolute atomic E-state index is 0.0899. The Balaban J connectivity index is 0.986. The number of allylic oxidation sites excluding steroid dienone is 1. The molecular formula is C23H28N6O. The molecule has 2 atom stereocenters. The van der Waals surface area contributed by atoms with Gasteiger partial charge >= 0.3 is 0 Å². The highest BCUT2D eigenvalue weighted by atomic mass is 16.1. The summed E-state index contributed by atoms with van der Waals surface area (Å²) in [7, 11) is 0. The normalized spacial score (nSPS) is 24.3. The summed E-state index contributed by atoms with van der Waals surface area (Å²) in [5.74, 6) is 3.16. The Kier molecular flexibility index (Phi) is 4.11. The van der Waals surface area contributed by atoms with Gasteiger partial charge in [0.05, 0.1) is 18.0 Å². The van der Waals surface area contributed by atoms with Crippen molar-refractivity contribution in [2.24, 2.45) is 17.3 Å². The zero-order chi connectivity index (χ0) is 20.1. The average Bonchev–Trinajstić information content (AvgIpc) is 3.05. The number of hydrogen-bond acceptors (Lipinski definition) is 5. The second-order valence-electron chi connectivity index (χ2n) is 9.27. The fourth-order valence-corrected chi connectivity index (χ4v) is 5.87. The summed E-state index contributed by atoms with van der Waals surface area (Å²) in [6, 6.07) is 6.33. The molecule has 30 heavy (non-hydrogen) atoms. The summed E-state index contributed by atoms with van der Waals surface area (Å²) in [5.41, 5.74) is 5.54.